The number of nitrogens with zero attached hydrogens (tertiary/aromatic N) is 6. The summed E-state index contributed by atoms with van der Waals surface area (Å²) >= 11 is 0. The Morgan fingerprint density at radius 2 is 1.76 bits per heavy atom. The minimum atomic E-state index is -0.563. The van der Waals surface area contributed by atoms with Crippen LogP contribution in [0, 0.1) is 5.82 Å². The van der Waals surface area contributed by atoms with E-state index in [0.29, 0.717) is 36.5 Å². The number of hydrogen-bond acceptors (Lipinski definition) is 6. The molecule has 0 unspecified atom stereocenters. The molecule has 0 aliphatic carbocycles. The lowest BCUT2D eigenvalue weighted by Crippen LogP contribution is -2.53. The molecule has 2 atom stereocenters. The van der Waals surface area contributed by atoms with Crippen molar-refractivity contribution in [1.29, 1.82) is 0 Å². The zero-order valence-corrected chi connectivity index (χ0v) is 27.8. The first-order chi connectivity index (χ1) is 21.8. The number of amides is 4. The molecule has 2 aliphatic heterocycles. The van der Waals surface area contributed by atoms with Gasteiger partial charge in [0.1, 0.15) is 5.82 Å². The smallest absolute Gasteiger partial charge is 0.322 e. The number of fused-ring (bicyclic) bond motifs is 1. The molecule has 0 bridgehead atoms. The van der Waals surface area contributed by atoms with Gasteiger partial charge in [-0.25, -0.2) is 9.18 Å². The minimum Gasteiger partial charge on any atom is -0.366 e. The van der Waals surface area contributed by atoms with E-state index in [-0.39, 0.29) is 48.1 Å². The van der Waals surface area contributed by atoms with Crippen LogP contribution in [0.25, 0.3) is 0 Å². The number of anilines is 2. The van der Waals surface area contributed by atoms with E-state index in [4.69, 9.17) is 5.10 Å². The standard InChI is InChI=1S/C34H45FN8O3/c1-21(2)43-31-22(3)18-42(26-11-9-25(10-12-26)33(45)39(5)6)20-27(31)30(38-43)32(44)36-17-24-8-13-29(28(35)16-24)37-34(46)41-15-14-40(7)23(4)19-41/h8-13,16,21-23H,14-15,17-20H2,1-7H3,(H,36,44)(H,37,46)/t22-,23+/m0/s1. The minimum absolute atomic E-state index is 0.0578. The lowest BCUT2D eigenvalue weighted by molar-refractivity contribution is 0.0827. The molecule has 3 aromatic rings. The van der Waals surface area contributed by atoms with Gasteiger partial charge in [-0.15, -0.1) is 0 Å². The van der Waals surface area contributed by atoms with E-state index in [1.165, 1.54) is 12.1 Å². The summed E-state index contributed by atoms with van der Waals surface area (Å²) in [4.78, 5) is 46.3. The Bertz CT molecular complexity index is 1600. The van der Waals surface area contributed by atoms with Crippen molar-refractivity contribution < 1.29 is 18.8 Å². The molecule has 46 heavy (non-hydrogen) atoms. The van der Waals surface area contributed by atoms with Gasteiger partial charge in [-0.1, -0.05) is 13.0 Å². The van der Waals surface area contributed by atoms with E-state index in [9.17, 15) is 14.4 Å². The summed E-state index contributed by atoms with van der Waals surface area (Å²) in [6, 6.07) is 12.0. The number of urea groups is 1. The summed E-state index contributed by atoms with van der Waals surface area (Å²) in [6.07, 6.45) is 0. The molecule has 12 heteroatoms. The van der Waals surface area contributed by atoms with E-state index >= 15 is 4.39 Å². The van der Waals surface area contributed by atoms with Crippen molar-refractivity contribution >= 4 is 29.2 Å². The Morgan fingerprint density at radius 3 is 2.39 bits per heavy atom. The number of aromatic nitrogens is 2. The molecular formula is C34H45FN8O3. The van der Waals surface area contributed by atoms with Crippen molar-refractivity contribution in [2.75, 3.05) is 57.5 Å². The maximum Gasteiger partial charge on any atom is 0.322 e. The molecule has 0 saturated carbocycles. The quantitative estimate of drug-likeness (QED) is 0.397. The molecule has 3 heterocycles. The number of halogens is 1. The van der Waals surface area contributed by atoms with E-state index in [1.54, 1.807) is 30.0 Å². The maximum atomic E-state index is 15.0. The second-order valence-corrected chi connectivity index (χ2v) is 13.0. The highest BCUT2D eigenvalue weighted by molar-refractivity contribution is 5.95. The average molecular weight is 633 g/mol. The predicted octanol–water partition coefficient (Wildman–Crippen LogP) is 4.53. The molecular weight excluding hydrogens is 587 g/mol. The van der Waals surface area contributed by atoms with Gasteiger partial charge in [0.2, 0.25) is 0 Å². The largest absolute Gasteiger partial charge is 0.366 e. The first-order valence-electron chi connectivity index (χ1n) is 15.8. The van der Waals surface area contributed by atoms with Crippen molar-refractivity contribution in [3.8, 4) is 0 Å². The Hall–Kier alpha value is -4.45. The molecule has 4 amide bonds. The monoisotopic (exact) mass is 632 g/mol. The van der Waals surface area contributed by atoms with E-state index in [1.807, 2.05) is 49.8 Å². The topological polar surface area (TPSA) is 106 Å². The Morgan fingerprint density at radius 1 is 1.04 bits per heavy atom. The van der Waals surface area contributed by atoms with Crippen LogP contribution < -0.4 is 15.5 Å². The van der Waals surface area contributed by atoms with Crippen LogP contribution in [-0.4, -0.2) is 95.7 Å². The molecule has 246 valence electrons. The molecule has 2 aliphatic rings. The van der Waals surface area contributed by atoms with Gasteiger partial charge in [-0.2, -0.15) is 5.10 Å². The van der Waals surface area contributed by atoms with Gasteiger partial charge < -0.3 is 30.2 Å². The van der Waals surface area contributed by atoms with Gasteiger partial charge in [0.05, 0.1) is 5.69 Å². The van der Waals surface area contributed by atoms with Gasteiger partial charge in [0, 0.05) is 93.9 Å². The molecule has 2 aromatic carbocycles. The maximum absolute atomic E-state index is 15.0. The highest BCUT2D eigenvalue weighted by atomic mass is 19.1. The number of hydrogen-bond donors (Lipinski definition) is 2. The number of piperazine rings is 1. The molecule has 5 rings (SSSR count). The SMILES string of the molecule is CC(C)n1nc(C(=O)NCc2ccc(NC(=O)N3CCN(C)[C@H](C)C3)c(F)c2)c2c1[C@@H](C)CN(c1ccc(C(=O)N(C)C)cc1)C2. The normalized spacial score (nSPS) is 18.4. The van der Waals surface area contributed by atoms with Crippen molar-refractivity contribution in [3.63, 3.8) is 0 Å². The highest BCUT2D eigenvalue weighted by Gasteiger charge is 2.33. The van der Waals surface area contributed by atoms with Crippen molar-refractivity contribution in [3.05, 3.63) is 76.4 Å². The van der Waals surface area contributed by atoms with Crippen molar-refractivity contribution in [1.82, 2.24) is 29.8 Å². The van der Waals surface area contributed by atoms with E-state index < -0.39 is 5.82 Å². The van der Waals surface area contributed by atoms with Gasteiger partial charge in [0.25, 0.3) is 11.8 Å². The molecule has 0 radical (unpaired) electrons. The van der Waals surface area contributed by atoms with Crippen molar-refractivity contribution in [2.24, 2.45) is 0 Å². The lowest BCUT2D eigenvalue weighted by atomic mass is 9.95. The Labute approximate surface area is 270 Å². The summed E-state index contributed by atoms with van der Waals surface area (Å²) in [5.41, 5.74) is 4.49. The first-order valence-corrected chi connectivity index (χ1v) is 15.8. The second kappa shape index (κ2) is 13.5. The van der Waals surface area contributed by atoms with Crippen LogP contribution in [0.5, 0.6) is 0 Å². The summed E-state index contributed by atoms with van der Waals surface area (Å²) < 4.78 is 17.0. The number of likely N-dealkylation sites (N-methyl/N-ethyl adjacent to an activating group) is 1. The van der Waals surface area contributed by atoms with E-state index in [2.05, 4.69) is 34.3 Å². The van der Waals surface area contributed by atoms with Gasteiger partial charge in [-0.05, 0) is 69.8 Å². The highest BCUT2D eigenvalue weighted by Crippen LogP contribution is 2.35. The Kier molecular flexibility index (Phi) is 9.66. The number of nitrogens with one attached hydrogen (secondary N) is 2. The first kappa shape index (κ1) is 32.9. The van der Waals surface area contributed by atoms with Crippen LogP contribution in [0.15, 0.2) is 42.5 Å². The van der Waals surface area contributed by atoms with Crippen molar-refractivity contribution in [2.45, 2.75) is 58.8 Å². The molecule has 0 spiro atoms. The molecule has 1 fully saturated rings. The third-order valence-corrected chi connectivity index (χ3v) is 8.92. The fraction of sp³-hybridized carbons (Fsp3) is 0.471. The van der Waals surface area contributed by atoms with Gasteiger partial charge in [-0.3, -0.25) is 14.3 Å². The fourth-order valence-electron chi connectivity index (χ4n) is 6.14. The number of rotatable bonds is 7. The third kappa shape index (κ3) is 6.86. The van der Waals surface area contributed by atoms with E-state index in [0.717, 1.165) is 30.0 Å². The van der Waals surface area contributed by atoms with Crippen LogP contribution in [0.4, 0.5) is 20.6 Å². The lowest BCUT2D eigenvalue weighted by Gasteiger charge is -2.37. The fourth-order valence-corrected chi connectivity index (χ4v) is 6.14. The summed E-state index contributed by atoms with van der Waals surface area (Å²) in [6.45, 7) is 11.5. The second-order valence-electron chi connectivity index (χ2n) is 13.0. The average Bonchev–Trinajstić information content (AvgIpc) is 3.43. The van der Waals surface area contributed by atoms with Crippen LogP contribution in [0.1, 0.15) is 77.3 Å². The van der Waals surface area contributed by atoms with Crippen LogP contribution in [0.3, 0.4) is 0 Å². The van der Waals surface area contributed by atoms with Crippen LogP contribution in [-0.2, 0) is 13.1 Å². The zero-order valence-electron chi connectivity index (χ0n) is 27.8. The van der Waals surface area contributed by atoms with Crippen LogP contribution in [0.2, 0.25) is 0 Å². The summed E-state index contributed by atoms with van der Waals surface area (Å²) in [5, 5.41) is 10.4. The number of carbonyl (C=O) groups is 3. The molecule has 2 N–H and O–H groups in total. The number of carbonyl (C=O) groups excluding carboxylic acids is 3. The zero-order chi connectivity index (χ0) is 33.3. The third-order valence-electron chi connectivity index (χ3n) is 8.92. The predicted molar refractivity (Wildman–Crippen MR) is 177 cm³/mol. The molecule has 1 aromatic heterocycles. The number of benzene rings is 2. The van der Waals surface area contributed by atoms with Crippen LogP contribution >= 0.6 is 0 Å². The summed E-state index contributed by atoms with van der Waals surface area (Å²) in [5.74, 6) is -0.850. The summed E-state index contributed by atoms with van der Waals surface area (Å²) in [7, 11) is 5.48. The molecule has 11 nitrogen and oxygen atoms in total. The van der Waals surface area contributed by atoms with Gasteiger partial charge in [0.15, 0.2) is 5.69 Å². The molecule has 1 saturated heterocycles. The Balaban J connectivity index is 1.28. The van der Waals surface area contributed by atoms with Gasteiger partial charge >= 0.3 is 6.03 Å².